The van der Waals surface area contributed by atoms with E-state index in [-0.39, 0.29) is 0 Å². The minimum Gasteiger partial charge on any atom is -0.491 e. The number of ether oxygens (including phenoxy) is 1. The van der Waals surface area contributed by atoms with Gasteiger partial charge in [-0.3, -0.25) is 4.98 Å². The summed E-state index contributed by atoms with van der Waals surface area (Å²) in [5, 5.41) is 9.12. The molecular weight excluding hydrogens is 322 g/mol. The van der Waals surface area contributed by atoms with Gasteiger partial charge in [-0.05, 0) is 24.3 Å². The van der Waals surface area contributed by atoms with Crippen LogP contribution in [0.4, 0.5) is 0 Å². The van der Waals surface area contributed by atoms with E-state index >= 15 is 0 Å². The van der Waals surface area contributed by atoms with Crippen molar-refractivity contribution in [1.82, 2.24) is 15.2 Å². The van der Waals surface area contributed by atoms with E-state index in [2.05, 4.69) is 15.2 Å². The molecule has 0 N–H and O–H groups in total. The van der Waals surface area contributed by atoms with E-state index < -0.39 is 0 Å². The van der Waals surface area contributed by atoms with Crippen molar-refractivity contribution in [3.8, 4) is 17.2 Å². The van der Waals surface area contributed by atoms with Crippen molar-refractivity contribution in [1.29, 1.82) is 0 Å². The number of hydrogen-bond acceptors (Lipinski definition) is 6. The highest BCUT2D eigenvalue weighted by molar-refractivity contribution is 7.99. The van der Waals surface area contributed by atoms with E-state index in [0.717, 1.165) is 5.56 Å². The highest BCUT2D eigenvalue weighted by atomic mass is 35.5. The first-order valence-corrected chi connectivity index (χ1v) is 7.93. The van der Waals surface area contributed by atoms with Crippen molar-refractivity contribution >= 4 is 23.4 Å². The van der Waals surface area contributed by atoms with Crippen LogP contribution < -0.4 is 4.74 Å². The van der Waals surface area contributed by atoms with Crippen LogP contribution in [0.3, 0.4) is 0 Å². The van der Waals surface area contributed by atoms with Crippen molar-refractivity contribution in [3.63, 3.8) is 0 Å². The summed E-state index contributed by atoms with van der Waals surface area (Å²) in [5.74, 6) is 1.84. The molecule has 0 bridgehead atoms. The van der Waals surface area contributed by atoms with Crippen LogP contribution in [-0.4, -0.2) is 27.5 Å². The summed E-state index contributed by atoms with van der Waals surface area (Å²) < 4.78 is 11.2. The minimum atomic E-state index is 0.483. The van der Waals surface area contributed by atoms with Crippen LogP contribution in [0.15, 0.2) is 58.4 Å². The lowest BCUT2D eigenvalue weighted by atomic mass is 10.3. The number of halogens is 1. The van der Waals surface area contributed by atoms with E-state index in [1.165, 1.54) is 11.8 Å². The number of aromatic nitrogens is 3. The third kappa shape index (κ3) is 3.78. The third-order valence-corrected chi connectivity index (χ3v) is 3.83. The summed E-state index contributed by atoms with van der Waals surface area (Å²) >= 11 is 7.45. The van der Waals surface area contributed by atoms with Crippen LogP contribution in [0.5, 0.6) is 5.75 Å². The van der Waals surface area contributed by atoms with Gasteiger partial charge in [-0.15, -0.1) is 10.2 Å². The maximum atomic E-state index is 6.01. The van der Waals surface area contributed by atoms with Crippen LogP contribution in [-0.2, 0) is 0 Å². The molecule has 2 aromatic heterocycles. The second kappa shape index (κ2) is 7.29. The molecule has 2 heterocycles. The molecule has 3 aromatic rings. The molecule has 0 unspecified atom stereocenters. The predicted molar refractivity (Wildman–Crippen MR) is 85.2 cm³/mol. The third-order valence-electron chi connectivity index (χ3n) is 2.74. The van der Waals surface area contributed by atoms with Gasteiger partial charge in [0.25, 0.3) is 5.22 Å². The van der Waals surface area contributed by atoms with E-state index in [1.807, 2.05) is 30.3 Å². The second-order valence-corrected chi connectivity index (χ2v) is 5.69. The number of hydrogen-bond donors (Lipinski definition) is 0. The Bertz CT molecular complexity index is 736. The number of thioether (sulfide) groups is 1. The van der Waals surface area contributed by atoms with Gasteiger partial charge in [-0.2, -0.15) is 0 Å². The Balaban J connectivity index is 1.51. The molecule has 0 amide bonds. The Labute approximate surface area is 136 Å². The Morgan fingerprint density at radius 1 is 1.09 bits per heavy atom. The maximum Gasteiger partial charge on any atom is 0.276 e. The summed E-state index contributed by atoms with van der Waals surface area (Å²) in [7, 11) is 0. The molecule has 0 fully saturated rings. The molecule has 0 aliphatic rings. The van der Waals surface area contributed by atoms with Gasteiger partial charge in [-0.25, -0.2) is 0 Å². The molecule has 0 spiro atoms. The quantitative estimate of drug-likeness (QED) is 0.502. The molecule has 7 heteroatoms. The zero-order valence-corrected chi connectivity index (χ0v) is 13.0. The number of pyridine rings is 1. The van der Waals surface area contributed by atoms with Crippen LogP contribution in [0.1, 0.15) is 0 Å². The standard InChI is InChI=1S/C15H12ClN3O2S/c16-12-3-1-2-4-13(12)20-9-10-22-15-19-18-14(21-15)11-5-7-17-8-6-11/h1-8H,9-10H2. The van der Waals surface area contributed by atoms with E-state index in [4.69, 9.17) is 20.8 Å². The van der Waals surface area contributed by atoms with Gasteiger partial charge < -0.3 is 9.15 Å². The fraction of sp³-hybridized carbons (Fsp3) is 0.133. The molecule has 22 heavy (non-hydrogen) atoms. The van der Waals surface area contributed by atoms with Crippen LogP contribution in [0.2, 0.25) is 5.02 Å². The zero-order valence-electron chi connectivity index (χ0n) is 11.5. The highest BCUT2D eigenvalue weighted by Gasteiger charge is 2.08. The molecule has 0 saturated heterocycles. The smallest absolute Gasteiger partial charge is 0.276 e. The number of nitrogens with zero attached hydrogens (tertiary/aromatic N) is 3. The fourth-order valence-electron chi connectivity index (χ4n) is 1.72. The highest BCUT2D eigenvalue weighted by Crippen LogP contribution is 2.25. The predicted octanol–water partition coefficient (Wildman–Crippen LogP) is 3.96. The molecule has 1 aromatic carbocycles. The first-order valence-electron chi connectivity index (χ1n) is 6.57. The van der Waals surface area contributed by atoms with E-state index in [9.17, 15) is 0 Å². The molecule has 0 aliphatic carbocycles. The minimum absolute atomic E-state index is 0.483. The second-order valence-electron chi connectivity index (χ2n) is 4.24. The van der Waals surface area contributed by atoms with Crippen LogP contribution in [0, 0.1) is 0 Å². The van der Waals surface area contributed by atoms with Gasteiger partial charge in [-0.1, -0.05) is 35.5 Å². The Morgan fingerprint density at radius 3 is 2.73 bits per heavy atom. The van der Waals surface area contributed by atoms with Gasteiger partial charge in [0.1, 0.15) is 5.75 Å². The topological polar surface area (TPSA) is 61.0 Å². The van der Waals surface area contributed by atoms with Crippen molar-refractivity contribution in [2.75, 3.05) is 12.4 Å². The average Bonchev–Trinajstić information content (AvgIpc) is 3.03. The molecule has 0 saturated carbocycles. The van der Waals surface area contributed by atoms with Gasteiger partial charge in [0.05, 0.1) is 11.6 Å². The number of rotatable bonds is 6. The summed E-state index contributed by atoms with van der Waals surface area (Å²) in [6, 6.07) is 11.0. The van der Waals surface area contributed by atoms with E-state index in [0.29, 0.717) is 34.2 Å². The zero-order chi connectivity index (χ0) is 15.2. The SMILES string of the molecule is Clc1ccccc1OCCSc1nnc(-c2ccncc2)o1. The van der Waals surface area contributed by atoms with E-state index in [1.54, 1.807) is 18.5 Å². The molecule has 112 valence electrons. The first-order chi connectivity index (χ1) is 10.8. The van der Waals surface area contributed by atoms with Crippen LogP contribution in [0.25, 0.3) is 11.5 Å². The molecule has 3 rings (SSSR count). The molecule has 0 radical (unpaired) electrons. The lowest BCUT2D eigenvalue weighted by molar-refractivity contribution is 0.343. The summed E-state index contributed by atoms with van der Waals surface area (Å²) in [5.41, 5.74) is 0.849. The Kier molecular flexibility index (Phi) is 4.92. The monoisotopic (exact) mass is 333 g/mol. The van der Waals surface area contributed by atoms with Crippen molar-refractivity contribution in [2.24, 2.45) is 0 Å². The number of benzene rings is 1. The van der Waals surface area contributed by atoms with Crippen LogP contribution >= 0.6 is 23.4 Å². The van der Waals surface area contributed by atoms with Gasteiger partial charge in [0.15, 0.2) is 0 Å². The first kappa shape index (κ1) is 14.9. The average molecular weight is 334 g/mol. The summed E-state index contributed by atoms with van der Waals surface area (Å²) in [6.07, 6.45) is 3.37. The fourth-order valence-corrected chi connectivity index (χ4v) is 2.49. The molecule has 0 atom stereocenters. The van der Waals surface area contributed by atoms with Crippen molar-refractivity contribution in [2.45, 2.75) is 5.22 Å². The van der Waals surface area contributed by atoms with Crippen molar-refractivity contribution < 1.29 is 9.15 Å². The maximum absolute atomic E-state index is 6.01. The Hall–Kier alpha value is -2.05. The normalized spacial score (nSPS) is 10.6. The van der Waals surface area contributed by atoms with Gasteiger partial charge in [0.2, 0.25) is 5.89 Å². The Morgan fingerprint density at radius 2 is 1.91 bits per heavy atom. The lowest BCUT2D eigenvalue weighted by Crippen LogP contribution is -2.00. The number of para-hydroxylation sites is 1. The van der Waals surface area contributed by atoms with Gasteiger partial charge in [0, 0.05) is 23.7 Å². The molecule has 0 aliphatic heterocycles. The lowest BCUT2D eigenvalue weighted by Gasteiger charge is -2.06. The summed E-state index contributed by atoms with van der Waals surface area (Å²) in [4.78, 5) is 3.95. The molecular formula is C15H12ClN3O2S. The summed E-state index contributed by atoms with van der Waals surface area (Å²) in [6.45, 7) is 0.501. The largest absolute Gasteiger partial charge is 0.491 e. The van der Waals surface area contributed by atoms with Gasteiger partial charge >= 0.3 is 0 Å². The van der Waals surface area contributed by atoms with Crippen molar-refractivity contribution in [3.05, 3.63) is 53.8 Å². The molecule has 5 nitrogen and oxygen atoms in total.